The molecular weight excluding hydrogens is 454 g/mol. The molecule has 2 aromatic carbocycles. The van der Waals surface area contributed by atoms with Crippen LogP contribution in [0.3, 0.4) is 0 Å². The van der Waals surface area contributed by atoms with Crippen LogP contribution in [0.1, 0.15) is 12.5 Å². The molecule has 0 spiro atoms. The minimum atomic E-state index is -0.0730. The highest BCUT2D eigenvalue weighted by Crippen LogP contribution is 2.34. The van der Waals surface area contributed by atoms with E-state index >= 15 is 0 Å². The number of hydrogen-bond donors (Lipinski definition) is 0. The van der Waals surface area contributed by atoms with Crippen molar-refractivity contribution in [3.05, 3.63) is 59.0 Å². The number of benzene rings is 2. The topological polar surface area (TPSA) is 80.7 Å². The van der Waals surface area contributed by atoms with Crippen LogP contribution in [0.4, 0.5) is 5.69 Å². The largest absolute Gasteiger partial charge is 0.497 e. The van der Waals surface area contributed by atoms with E-state index in [1.54, 1.807) is 29.0 Å². The molecule has 2 amide bonds. The molecule has 178 valence electrons. The van der Waals surface area contributed by atoms with Crippen LogP contribution in [-0.4, -0.2) is 73.3 Å². The Hall–Kier alpha value is -3.30. The van der Waals surface area contributed by atoms with Gasteiger partial charge in [-0.1, -0.05) is 12.1 Å². The van der Waals surface area contributed by atoms with E-state index in [9.17, 15) is 9.59 Å². The van der Waals surface area contributed by atoms with Gasteiger partial charge in [-0.25, -0.2) is 4.99 Å². The number of hydrogen-bond acceptors (Lipinski definition) is 7. The SMILES string of the molecule is CCN1C(=O)/C(=C/c2ccc(OCC(=O)N3CCOCC3)cc2)SC1=Nc1ccc(OC)cc1. The summed E-state index contributed by atoms with van der Waals surface area (Å²) in [6, 6.07) is 14.7. The van der Waals surface area contributed by atoms with Crippen LogP contribution in [0.5, 0.6) is 11.5 Å². The zero-order chi connectivity index (χ0) is 23.9. The molecule has 4 rings (SSSR count). The van der Waals surface area contributed by atoms with Gasteiger partial charge in [0.1, 0.15) is 11.5 Å². The van der Waals surface area contributed by atoms with Gasteiger partial charge in [0.05, 0.1) is 30.9 Å². The molecule has 0 N–H and O–H groups in total. The number of aliphatic imine (C=N–C) groups is 1. The van der Waals surface area contributed by atoms with Crippen LogP contribution in [0.25, 0.3) is 6.08 Å². The van der Waals surface area contributed by atoms with Gasteiger partial charge >= 0.3 is 0 Å². The fraction of sp³-hybridized carbons (Fsp3) is 0.320. The summed E-state index contributed by atoms with van der Waals surface area (Å²) >= 11 is 1.35. The van der Waals surface area contributed by atoms with Gasteiger partial charge < -0.3 is 19.1 Å². The molecule has 0 aliphatic carbocycles. The Morgan fingerprint density at radius 2 is 1.76 bits per heavy atom. The number of nitrogens with zero attached hydrogens (tertiary/aromatic N) is 3. The average Bonchev–Trinajstić information content (AvgIpc) is 3.17. The Balaban J connectivity index is 1.40. The van der Waals surface area contributed by atoms with E-state index in [1.807, 2.05) is 49.4 Å². The first-order valence-corrected chi connectivity index (χ1v) is 11.9. The number of rotatable bonds is 7. The molecule has 0 radical (unpaired) electrons. The number of morpholine rings is 1. The molecular formula is C25H27N3O5S. The molecule has 9 heteroatoms. The molecule has 2 fully saturated rings. The third kappa shape index (κ3) is 5.78. The van der Waals surface area contributed by atoms with Crippen molar-refractivity contribution >= 4 is 40.5 Å². The highest BCUT2D eigenvalue weighted by atomic mass is 32.2. The van der Waals surface area contributed by atoms with Crippen LogP contribution in [0, 0.1) is 0 Å². The van der Waals surface area contributed by atoms with Crippen molar-refractivity contribution in [1.82, 2.24) is 9.80 Å². The van der Waals surface area contributed by atoms with Gasteiger partial charge in [0.25, 0.3) is 11.8 Å². The quantitative estimate of drug-likeness (QED) is 0.563. The lowest BCUT2D eigenvalue weighted by molar-refractivity contribution is -0.137. The van der Waals surface area contributed by atoms with Gasteiger partial charge in [-0.3, -0.25) is 14.5 Å². The average molecular weight is 482 g/mol. The Labute approximate surface area is 203 Å². The van der Waals surface area contributed by atoms with Crippen molar-refractivity contribution in [2.24, 2.45) is 4.99 Å². The van der Waals surface area contributed by atoms with Crippen molar-refractivity contribution in [3.63, 3.8) is 0 Å². The highest BCUT2D eigenvalue weighted by molar-refractivity contribution is 8.18. The van der Waals surface area contributed by atoms with E-state index in [0.29, 0.717) is 48.7 Å². The number of thioether (sulfide) groups is 1. The Morgan fingerprint density at radius 3 is 2.41 bits per heavy atom. The summed E-state index contributed by atoms with van der Waals surface area (Å²) in [7, 11) is 1.62. The molecule has 0 atom stereocenters. The number of carbonyl (C=O) groups excluding carboxylic acids is 2. The third-order valence-electron chi connectivity index (χ3n) is 5.41. The van der Waals surface area contributed by atoms with Crippen molar-refractivity contribution < 1.29 is 23.8 Å². The zero-order valence-electron chi connectivity index (χ0n) is 19.2. The molecule has 2 aliphatic heterocycles. The summed E-state index contributed by atoms with van der Waals surface area (Å²) in [4.78, 5) is 33.8. The van der Waals surface area contributed by atoms with Gasteiger partial charge in [-0.15, -0.1) is 0 Å². The molecule has 34 heavy (non-hydrogen) atoms. The predicted octanol–water partition coefficient (Wildman–Crippen LogP) is 3.56. The van der Waals surface area contributed by atoms with Gasteiger partial charge in [-0.05, 0) is 66.7 Å². The van der Waals surface area contributed by atoms with Crippen molar-refractivity contribution in [2.45, 2.75) is 6.92 Å². The van der Waals surface area contributed by atoms with Crippen LogP contribution >= 0.6 is 11.8 Å². The van der Waals surface area contributed by atoms with Gasteiger partial charge in [0.2, 0.25) is 0 Å². The number of carbonyl (C=O) groups is 2. The lowest BCUT2D eigenvalue weighted by atomic mass is 10.2. The number of likely N-dealkylation sites (N-methyl/N-ethyl adjacent to an activating group) is 1. The molecule has 2 heterocycles. The second-order valence-electron chi connectivity index (χ2n) is 7.60. The summed E-state index contributed by atoms with van der Waals surface area (Å²) in [6.07, 6.45) is 1.84. The maximum Gasteiger partial charge on any atom is 0.266 e. The van der Waals surface area contributed by atoms with Crippen LogP contribution < -0.4 is 9.47 Å². The number of ether oxygens (including phenoxy) is 3. The summed E-state index contributed by atoms with van der Waals surface area (Å²) in [5, 5.41) is 0.644. The molecule has 0 saturated carbocycles. The van der Waals surface area contributed by atoms with E-state index in [2.05, 4.69) is 4.99 Å². The first-order chi connectivity index (χ1) is 16.6. The minimum absolute atomic E-state index is 0.00851. The van der Waals surface area contributed by atoms with Crippen LogP contribution in [0.15, 0.2) is 58.4 Å². The highest BCUT2D eigenvalue weighted by Gasteiger charge is 2.32. The Morgan fingerprint density at radius 1 is 1.09 bits per heavy atom. The van der Waals surface area contributed by atoms with E-state index in [1.165, 1.54) is 11.8 Å². The van der Waals surface area contributed by atoms with Crippen LogP contribution in [-0.2, 0) is 14.3 Å². The van der Waals surface area contributed by atoms with Gasteiger partial charge in [-0.2, -0.15) is 0 Å². The Kier molecular flexibility index (Phi) is 7.87. The van der Waals surface area contributed by atoms with E-state index < -0.39 is 0 Å². The predicted molar refractivity (Wildman–Crippen MR) is 132 cm³/mol. The van der Waals surface area contributed by atoms with Gasteiger partial charge in [0.15, 0.2) is 11.8 Å². The summed E-state index contributed by atoms with van der Waals surface area (Å²) in [5.74, 6) is 1.23. The van der Waals surface area contributed by atoms with Crippen molar-refractivity contribution in [3.8, 4) is 11.5 Å². The molecule has 2 aliphatic rings. The fourth-order valence-corrected chi connectivity index (χ4v) is 4.56. The second kappa shape index (κ2) is 11.2. The van der Waals surface area contributed by atoms with Crippen molar-refractivity contribution in [2.75, 3.05) is 46.6 Å². The van der Waals surface area contributed by atoms with Crippen LogP contribution in [0.2, 0.25) is 0 Å². The molecule has 8 nitrogen and oxygen atoms in total. The summed E-state index contributed by atoms with van der Waals surface area (Å²) < 4.78 is 16.1. The van der Waals surface area contributed by atoms with E-state index in [4.69, 9.17) is 14.2 Å². The second-order valence-corrected chi connectivity index (χ2v) is 8.61. The first-order valence-electron chi connectivity index (χ1n) is 11.1. The summed E-state index contributed by atoms with van der Waals surface area (Å²) in [6.45, 7) is 4.77. The number of amides is 2. The lowest BCUT2D eigenvalue weighted by Gasteiger charge is -2.26. The molecule has 0 bridgehead atoms. The molecule has 2 aromatic rings. The smallest absolute Gasteiger partial charge is 0.266 e. The normalized spacial score (nSPS) is 18.6. The third-order valence-corrected chi connectivity index (χ3v) is 6.41. The zero-order valence-corrected chi connectivity index (χ0v) is 20.0. The van der Waals surface area contributed by atoms with Crippen molar-refractivity contribution in [1.29, 1.82) is 0 Å². The van der Waals surface area contributed by atoms with E-state index in [-0.39, 0.29) is 18.4 Å². The van der Waals surface area contributed by atoms with Gasteiger partial charge in [0, 0.05) is 19.6 Å². The first kappa shape index (κ1) is 23.8. The number of amidine groups is 1. The monoisotopic (exact) mass is 481 g/mol. The lowest BCUT2D eigenvalue weighted by Crippen LogP contribution is -2.42. The molecule has 0 unspecified atom stereocenters. The molecule has 2 saturated heterocycles. The Bertz CT molecular complexity index is 1080. The standard InChI is InChI=1S/C25H27N3O5S/c1-3-28-24(30)22(34-25(28)26-19-6-10-20(31-2)11-7-19)16-18-4-8-21(9-5-18)33-17-23(29)27-12-14-32-15-13-27/h4-11,16H,3,12-15,17H2,1-2H3/b22-16-,26-25?. The van der Waals surface area contributed by atoms with E-state index in [0.717, 1.165) is 17.0 Å². The summed E-state index contributed by atoms with van der Waals surface area (Å²) in [5.41, 5.74) is 1.62. The maximum atomic E-state index is 12.9. The fourth-order valence-electron chi connectivity index (χ4n) is 3.50. The number of methoxy groups -OCH3 is 1. The minimum Gasteiger partial charge on any atom is -0.497 e. The maximum absolute atomic E-state index is 12.9. The molecule has 0 aromatic heterocycles.